The lowest BCUT2D eigenvalue weighted by Crippen LogP contribution is -2.04. The number of nitrogens with zero attached hydrogens (tertiary/aromatic N) is 2. The van der Waals surface area contributed by atoms with Crippen LogP contribution in [0.15, 0.2) is 22.7 Å². The van der Waals surface area contributed by atoms with Crippen LogP contribution in [0.2, 0.25) is 5.02 Å². The molecular weight excluding hydrogens is 233 g/mol. The monoisotopic (exact) mass is 241 g/mol. The first-order valence-corrected chi connectivity index (χ1v) is 5.00. The van der Waals surface area contributed by atoms with Gasteiger partial charge in [-0.15, -0.1) is 0 Å². The van der Waals surface area contributed by atoms with Crippen LogP contribution in [0.25, 0.3) is 11.4 Å². The Morgan fingerprint density at radius 2 is 2.25 bits per heavy atom. The molecule has 0 saturated carbocycles. The highest BCUT2D eigenvalue weighted by Crippen LogP contribution is 2.23. The fraction of sp³-hybridized carbons (Fsp3) is 0.200. The molecular formula is C10H9ClFN3O. The zero-order valence-electron chi connectivity index (χ0n) is 8.45. The second-order valence-corrected chi connectivity index (χ2v) is 3.78. The van der Waals surface area contributed by atoms with E-state index in [0.717, 1.165) is 0 Å². The molecule has 6 heteroatoms. The predicted octanol–water partition coefficient (Wildman–Crippen LogP) is 2.55. The molecule has 0 aliphatic rings. The molecule has 0 aliphatic carbocycles. The van der Waals surface area contributed by atoms with Crippen molar-refractivity contribution in [3.8, 4) is 11.4 Å². The SMILES string of the molecule is C[C@H](N)c1nc(-c2ccc(F)c(Cl)c2)no1. The van der Waals surface area contributed by atoms with Crippen molar-refractivity contribution in [2.45, 2.75) is 13.0 Å². The Morgan fingerprint density at radius 3 is 2.81 bits per heavy atom. The maximum Gasteiger partial charge on any atom is 0.243 e. The van der Waals surface area contributed by atoms with Crippen LogP contribution < -0.4 is 5.73 Å². The molecule has 1 aromatic heterocycles. The second kappa shape index (κ2) is 4.19. The molecule has 0 fully saturated rings. The first kappa shape index (κ1) is 11.0. The van der Waals surface area contributed by atoms with Crippen LogP contribution in [-0.4, -0.2) is 10.1 Å². The zero-order valence-corrected chi connectivity index (χ0v) is 9.20. The zero-order chi connectivity index (χ0) is 11.7. The third-order valence-corrected chi connectivity index (χ3v) is 2.30. The van der Waals surface area contributed by atoms with Crippen LogP contribution in [0, 0.1) is 5.82 Å². The fourth-order valence-corrected chi connectivity index (χ4v) is 1.35. The lowest BCUT2D eigenvalue weighted by molar-refractivity contribution is 0.362. The van der Waals surface area contributed by atoms with Crippen LogP contribution >= 0.6 is 11.6 Å². The summed E-state index contributed by atoms with van der Waals surface area (Å²) in [5.74, 6) is 0.186. The van der Waals surface area contributed by atoms with Crippen molar-refractivity contribution in [2.24, 2.45) is 5.73 Å². The first-order chi connectivity index (χ1) is 7.58. The van der Waals surface area contributed by atoms with Gasteiger partial charge in [0.25, 0.3) is 0 Å². The highest BCUT2D eigenvalue weighted by atomic mass is 35.5. The Bertz CT molecular complexity index is 513. The maximum absolute atomic E-state index is 12.9. The lowest BCUT2D eigenvalue weighted by atomic mass is 10.2. The summed E-state index contributed by atoms with van der Waals surface area (Å²) in [6.45, 7) is 1.73. The molecule has 0 spiro atoms. The summed E-state index contributed by atoms with van der Waals surface area (Å²) in [6.07, 6.45) is 0. The van der Waals surface area contributed by atoms with Crippen molar-refractivity contribution in [1.82, 2.24) is 10.1 Å². The van der Waals surface area contributed by atoms with Crippen molar-refractivity contribution in [3.63, 3.8) is 0 Å². The van der Waals surface area contributed by atoms with E-state index in [1.807, 2.05) is 0 Å². The van der Waals surface area contributed by atoms with Crippen molar-refractivity contribution in [1.29, 1.82) is 0 Å². The molecule has 2 aromatic rings. The first-order valence-electron chi connectivity index (χ1n) is 4.62. The van der Waals surface area contributed by atoms with E-state index in [4.69, 9.17) is 21.9 Å². The number of hydrogen-bond donors (Lipinski definition) is 1. The summed E-state index contributed by atoms with van der Waals surface area (Å²) >= 11 is 5.65. The Kier molecular flexibility index (Phi) is 2.89. The van der Waals surface area contributed by atoms with Gasteiger partial charge < -0.3 is 10.3 Å². The quantitative estimate of drug-likeness (QED) is 0.878. The summed E-state index contributed by atoms with van der Waals surface area (Å²) in [5.41, 5.74) is 6.16. The van der Waals surface area contributed by atoms with Crippen molar-refractivity contribution < 1.29 is 8.91 Å². The van der Waals surface area contributed by atoms with Gasteiger partial charge in [0.2, 0.25) is 11.7 Å². The number of rotatable bonds is 2. The number of aromatic nitrogens is 2. The van der Waals surface area contributed by atoms with E-state index in [-0.39, 0.29) is 11.1 Å². The molecule has 0 radical (unpaired) electrons. The highest BCUT2D eigenvalue weighted by Gasteiger charge is 2.12. The Balaban J connectivity index is 2.39. The van der Waals surface area contributed by atoms with Crippen molar-refractivity contribution in [3.05, 3.63) is 34.9 Å². The normalized spacial score (nSPS) is 12.8. The maximum atomic E-state index is 12.9. The van der Waals surface area contributed by atoms with Crippen LogP contribution in [0.1, 0.15) is 18.9 Å². The summed E-state index contributed by atoms with van der Waals surface area (Å²) < 4.78 is 17.9. The molecule has 0 aliphatic heterocycles. The minimum absolute atomic E-state index is 0.0182. The van der Waals surface area contributed by atoms with Gasteiger partial charge in [-0.05, 0) is 25.1 Å². The molecule has 0 bridgehead atoms. The van der Waals surface area contributed by atoms with Gasteiger partial charge in [-0.25, -0.2) is 4.39 Å². The topological polar surface area (TPSA) is 64.9 Å². The predicted molar refractivity (Wildman–Crippen MR) is 57.3 cm³/mol. The van der Waals surface area contributed by atoms with Gasteiger partial charge in [0.05, 0.1) is 11.1 Å². The molecule has 1 heterocycles. The van der Waals surface area contributed by atoms with E-state index in [0.29, 0.717) is 17.3 Å². The smallest absolute Gasteiger partial charge is 0.243 e. The third-order valence-electron chi connectivity index (χ3n) is 2.01. The van der Waals surface area contributed by atoms with Crippen molar-refractivity contribution in [2.75, 3.05) is 0 Å². The molecule has 0 amide bonds. The largest absolute Gasteiger partial charge is 0.337 e. The summed E-state index contributed by atoms with van der Waals surface area (Å²) in [5, 5.41) is 3.75. The fourth-order valence-electron chi connectivity index (χ4n) is 1.17. The Morgan fingerprint density at radius 1 is 1.50 bits per heavy atom. The van der Waals surface area contributed by atoms with E-state index in [9.17, 15) is 4.39 Å². The molecule has 1 atom stereocenters. The molecule has 84 valence electrons. The van der Waals surface area contributed by atoms with Crippen LogP contribution in [0.3, 0.4) is 0 Å². The van der Waals surface area contributed by atoms with Crippen LogP contribution in [0.5, 0.6) is 0 Å². The number of nitrogens with two attached hydrogens (primary N) is 1. The van der Waals surface area contributed by atoms with E-state index < -0.39 is 5.82 Å². The molecule has 0 unspecified atom stereocenters. The Hall–Kier alpha value is -1.46. The van der Waals surface area contributed by atoms with E-state index in [1.165, 1.54) is 18.2 Å². The molecule has 16 heavy (non-hydrogen) atoms. The molecule has 1 aromatic carbocycles. The van der Waals surface area contributed by atoms with E-state index >= 15 is 0 Å². The standard InChI is InChI=1S/C10H9ClFN3O/c1-5(13)10-14-9(15-16-10)6-2-3-8(12)7(11)4-6/h2-5H,13H2,1H3/t5-/m0/s1. The molecule has 2 N–H and O–H groups in total. The van der Waals surface area contributed by atoms with E-state index in [2.05, 4.69) is 10.1 Å². The third kappa shape index (κ3) is 2.05. The summed E-state index contributed by atoms with van der Waals surface area (Å²) in [6, 6.07) is 3.88. The molecule has 0 saturated heterocycles. The van der Waals surface area contributed by atoms with Gasteiger partial charge in [-0.1, -0.05) is 16.8 Å². The lowest BCUT2D eigenvalue weighted by Gasteiger charge is -1.96. The average Bonchev–Trinajstić information content (AvgIpc) is 2.71. The van der Waals surface area contributed by atoms with Gasteiger partial charge in [0, 0.05) is 5.56 Å². The van der Waals surface area contributed by atoms with Gasteiger partial charge >= 0.3 is 0 Å². The van der Waals surface area contributed by atoms with Crippen molar-refractivity contribution >= 4 is 11.6 Å². The summed E-state index contributed by atoms with van der Waals surface area (Å²) in [7, 11) is 0. The van der Waals surface area contributed by atoms with Gasteiger partial charge in [-0.3, -0.25) is 0 Å². The number of benzene rings is 1. The average molecular weight is 242 g/mol. The van der Waals surface area contributed by atoms with Crippen LogP contribution in [-0.2, 0) is 0 Å². The highest BCUT2D eigenvalue weighted by molar-refractivity contribution is 6.31. The minimum atomic E-state index is -0.485. The Labute approximate surface area is 96.2 Å². The minimum Gasteiger partial charge on any atom is -0.337 e. The molecule has 2 rings (SSSR count). The summed E-state index contributed by atoms with van der Waals surface area (Å²) in [4.78, 5) is 4.07. The van der Waals surface area contributed by atoms with Gasteiger partial charge in [-0.2, -0.15) is 4.98 Å². The van der Waals surface area contributed by atoms with E-state index in [1.54, 1.807) is 6.92 Å². The number of hydrogen-bond acceptors (Lipinski definition) is 4. The van der Waals surface area contributed by atoms with Crippen LogP contribution in [0.4, 0.5) is 4.39 Å². The molecule has 4 nitrogen and oxygen atoms in total. The number of halogens is 2. The van der Waals surface area contributed by atoms with Gasteiger partial charge in [0.15, 0.2) is 0 Å². The van der Waals surface area contributed by atoms with Gasteiger partial charge in [0.1, 0.15) is 5.82 Å². The second-order valence-electron chi connectivity index (χ2n) is 3.37.